The van der Waals surface area contributed by atoms with Gasteiger partial charge in [0, 0.05) is 10.5 Å². The Kier molecular flexibility index (Phi) is 3.57. The van der Waals surface area contributed by atoms with Crippen LogP contribution in [0.3, 0.4) is 0 Å². The van der Waals surface area contributed by atoms with Crippen LogP contribution < -0.4 is 0 Å². The van der Waals surface area contributed by atoms with E-state index < -0.39 is 5.97 Å². The molecule has 0 saturated heterocycles. The summed E-state index contributed by atoms with van der Waals surface area (Å²) in [6.45, 7) is 1.76. The molecular weight excluding hydrogens is 272 g/mol. The number of carboxylic acids is 1. The minimum atomic E-state index is -1.00. The number of aromatic carboxylic acids is 1. The first-order valence-electron chi connectivity index (χ1n) is 6.70. The van der Waals surface area contributed by atoms with Gasteiger partial charge in [0.05, 0.1) is 5.75 Å². The Hall–Kier alpha value is -1.68. The van der Waals surface area contributed by atoms with Gasteiger partial charge in [-0.2, -0.15) is 0 Å². The number of thioether (sulfide) groups is 1. The van der Waals surface area contributed by atoms with Gasteiger partial charge < -0.3 is 9.52 Å². The topological polar surface area (TPSA) is 50.4 Å². The van der Waals surface area contributed by atoms with E-state index in [9.17, 15) is 4.79 Å². The Bertz CT molecular complexity index is 658. The van der Waals surface area contributed by atoms with Gasteiger partial charge in [-0.05, 0) is 55.5 Å². The number of fused-ring (bicyclic) bond motifs is 1. The maximum atomic E-state index is 10.9. The Morgan fingerprint density at radius 2 is 2.10 bits per heavy atom. The first kappa shape index (κ1) is 13.3. The molecular formula is C16H16O3S. The van der Waals surface area contributed by atoms with Crippen LogP contribution in [0.15, 0.2) is 33.6 Å². The maximum absolute atomic E-state index is 10.9. The summed E-state index contributed by atoms with van der Waals surface area (Å²) in [7, 11) is 0. The molecule has 104 valence electrons. The van der Waals surface area contributed by atoms with E-state index >= 15 is 0 Å². The van der Waals surface area contributed by atoms with E-state index in [1.807, 2.05) is 6.07 Å². The molecule has 2 aromatic rings. The smallest absolute Gasteiger partial charge is 0.372 e. The zero-order chi connectivity index (χ0) is 14.1. The van der Waals surface area contributed by atoms with Crippen molar-refractivity contribution in [2.45, 2.75) is 36.8 Å². The van der Waals surface area contributed by atoms with Crippen LogP contribution >= 0.6 is 11.8 Å². The van der Waals surface area contributed by atoms with Crippen LogP contribution in [0.25, 0.3) is 0 Å². The Morgan fingerprint density at radius 3 is 2.85 bits per heavy atom. The molecule has 1 N–H and O–H groups in total. The van der Waals surface area contributed by atoms with E-state index in [2.05, 4.69) is 18.2 Å². The van der Waals surface area contributed by atoms with Gasteiger partial charge in [-0.3, -0.25) is 0 Å². The summed E-state index contributed by atoms with van der Waals surface area (Å²) < 4.78 is 5.37. The fourth-order valence-corrected chi connectivity index (χ4v) is 3.47. The quantitative estimate of drug-likeness (QED) is 0.862. The van der Waals surface area contributed by atoms with Crippen molar-refractivity contribution >= 4 is 17.7 Å². The summed E-state index contributed by atoms with van der Waals surface area (Å²) >= 11 is 1.69. The molecule has 0 atom stereocenters. The zero-order valence-electron chi connectivity index (χ0n) is 11.3. The second-order valence-corrected chi connectivity index (χ2v) is 6.15. The summed E-state index contributed by atoms with van der Waals surface area (Å²) in [4.78, 5) is 12.2. The minimum absolute atomic E-state index is 0.0505. The van der Waals surface area contributed by atoms with Crippen molar-refractivity contribution in [3.8, 4) is 0 Å². The van der Waals surface area contributed by atoms with Gasteiger partial charge in [0.2, 0.25) is 5.76 Å². The predicted octanol–water partition coefficient (Wildman–Crippen LogP) is 4.07. The van der Waals surface area contributed by atoms with Crippen molar-refractivity contribution in [3.63, 3.8) is 0 Å². The predicted molar refractivity (Wildman–Crippen MR) is 78.4 cm³/mol. The zero-order valence-corrected chi connectivity index (χ0v) is 12.1. The SMILES string of the molecule is Cc1cc(CSc2ccc3c(c2)CCC3)oc1C(=O)O. The third kappa shape index (κ3) is 2.61. The van der Waals surface area contributed by atoms with E-state index in [1.54, 1.807) is 18.7 Å². The molecule has 1 aliphatic carbocycles. The van der Waals surface area contributed by atoms with Crippen LogP contribution in [0.4, 0.5) is 0 Å². The summed E-state index contributed by atoms with van der Waals surface area (Å²) in [6.07, 6.45) is 3.62. The molecule has 0 bridgehead atoms. The van der Waals surface area contributed by atoms with Crippen molar-refractivity contribution in [3.05, 3.63) is 52.5 Å². The molecule has 0 unspecified atom stereocenters. The number of rotatable bonds is 4. The van der Waals surface area contributed by atoms with Crippen molar-refractivity contribution in [2.24, 2.45) is 0 Å². The molecule has 0 aliphatic heterocycles. The van der Waals surface area contributed by atoms with Crippen LogP contribution in [0, 0.1) is 6.92 Å². The first-order chi connectivity index (χ1) is 9.63. The Labute approximate surface area is 122 Å². The van der Waals surface area contributed by atoms with Crippen molar-refractivity contribution in [2.75, 3.05) is 0 Å². The lowest BCUT2D eigenvalue weighted by atomic mass is 10.1. The largest absolute Gasteiger partial charge is 0.475 e. The van der Waals surface area contributed by atoms with Gasteiger partial charge in [0.1, 0.15) is 5.76 Å². The molecule has 1 heterocycles. The summed E-state index contributed by atoms with van der Waals surface area (Å²) in [5, 5.41) is 8.97. The van der Waals surface area contributed by atoms with Gasteiger partial charge in [0.25, 0.3) is 0 Å². The second kappa shape index (κ2) is 5.37. The highest BCUT2D eigenvalue weighted by Gasteiger charge is 2.15. The highest BCUT2D eigenvalue weighted by atomic mass is 32.2. The summed E-state index contributed by atoms with van der Waals surface area (Å²) in [5.74, 6) is 0.420. The number of benzene rings is 1. The molecule has 3 nitrogen and oxygen atoms in total. The van der Waals surface area contributed by atoms with Crippen molar-refractivity contribution < 1.29 is 14.3 Å². The fraction of sp³-hybridized carbons (Fsp3) is 0.312. The lowest BCUT2D eigenvalue weighted by Crippen LogP contribution is -1.94. The lowest BCUT2D eigenvalue weighted by Gasteiger charge is -2.03. The van der Waals surface area contributed by atoms with Crippen LogP contribution in [0.1, 0.15) is 39.4 Å². The second-order valence-electron chi connectivity index (χ2n) is 5.10. The standard InChI is InChI=1S/C16H16O3S/c1-10-7-13(19-15(10)16(17)18)9-20-14-6-5-11-3-2-4-12(11)8-14/h5-8H,2-4,9H2,1H3,(H,17,18). The number of aryl methyl sites for hydroxylation is 3. The molecule has 1 aliphatic rings. The van der Waals surface area contributed by atoms with E-state index in [-0.39, 0.29) is 5.76 Å². The number of carboxylic acid groups (broad SMARTS) is 1. The van der Waals surface area contributed by atoms with Gasteiger partial charge >= 0.3 is 5.97 Å². The third-order valence-corrected chi connectivity index (χ3v) is 4.63. The Balaban J connectivity index is 1.70. The van der Waals surface area contributed by atoms with Crippen LogP contribution in [-0.4, -0.2) is 11.1 Å². The summed E-state index contributed by atoms with van der Waals surface area (Å²) in [5.41, 5.74) is 3.61. The minimum Gasteiger partial charge on any atom is -0.475 e. The number of hydrogen-bond donors (Lipinski definition) is 1. The van der Waals surface area contributed by atoms with Crippen LogP contribution in [0.2, 0.25) is 0 Å². The normalized spacial score (nSPS) is 13.4. The van der Waals surface area contributed by atoms with E-state index in [0.717, 1.165) is 0 Å². The molecule has 0 radical (unpaired) electrons. The average molecular weight is 288 g/mol. The van der Waals surface area contributed by atoms with Gasteiger partial charge in [-0.25, -0.2) is 4.79 Å². The fourth-order valence-electron chi connectivity index (χ4n) is 2.62. The molecule has 0 amide bonds. The molecule has 3 rings (SSSR count). The first-order valence-corrected chi connectivity index (χ1v) is 7.69. The lowest BCUT2D eigenvalue weighted by molar-refractivity contribution is 0.0659. The van der Waals surface area contributed by atoms with Crippen molar-refractivity contribution in [1.29, 1.82) is 0 Å². The summed E-state index contributed by atoms with van der Waals surface area (Å²) in [6, 6.07) is 8.41. The van der Waals surface area contributed by atoms with E-state index in [4.69, 9.17) is 9.52 Å². The number of carbonyl (C=O) groups is 1. The van der Waals surface area contributed by atoms with E-state index in [1.165, 1.54) is 35.3 Å². The van der Waals surface area contributed by atoms with Crippen LogP contribution in [-0.2, 0) is 18.6 Å². The van der Waals surface area contributed by atoms with Gasteiger partial charge in [0.15, 0.2) is 0 Å². The molecule has 4 heteroatoms. The third-order valence-electron chi connectivity index (χ3n) is 3.61. The van der Waals surface area contributed by atoms with Crippen molar-refractivity contribution in [1.82, 2.24) is 0 Å². The molecule has 0 fully saturated rings. The molecule has 20 heavy (non-hydrogen) atoms. The van der Waals surface area contributed by atoms with Gasteiger partial charge in [-0.1, -0.05) is 6.07 Å². The highest BCUT2D eigenvalue weighted by Crippen LogP contribution is 2.30. The monoisotopic (exact) mass is 288 g/mol. The van der Waals surface area contributed by atoms with Crippen LogP contribution in [0.5, 0.6) is 0 Å². The number of furan rings is 1. The molecule has 0 saturated carbocycles. The highest BCUT2D eigenvalue weighted by molar-refractivity contribution is 7.98. The Morgan fingerprint density at radius 1 is 1.30 bits per heavy atom. The molecule has 1 aromatic heterocycles. The maximum Gasteiger partial charge on any atom is 0.372 e. The average Bonchev–Trinajstić information content (AvgIpc) is 3.01. The van der Waals surface area contributed by atoms with Gasteiger partial charge in [-0.15, -0.1) is 11.8 Å². The molecule has 1 aromatic carbocycles. The number of hydrogen-bond acceptors (Lipinski definition) is 3. The molecule has 0 spiro atoms. The van der Waals surface area contributed by atoms with E-state index in [0.29, 0.717) is 17.1 Å².